The summed E-state index contributed by atoms with van der Waals surface area (Å²) in [5.41, 5.74) is 4.22. The number of hydrogen-bond donors (Lipinski definition) is 2. The van der Waals surface area contributed by atoms with Crippen LogP contribution in [0, 0.1) is 0 Å². The van der Waals surface area contributed by atoms with Gasteiger partial charge in [0.15, 0.2) is 0 Å². The predicted octanol–water partition coefficient (Wildman–Crippen LogP) is 2.93. The van der Waals surface area contributed by atoms with Crippen molar-refractivity contribution in [2.75, 3.05) is 13.2 Å². The van der Waals surface area contributed by atoms with Crippen LogP contribution in [0.4, 0.5) is 0 Å². The Morgan fingerprint density at radius 2 is 2.00 bits per heavy atom. The lowest BCUT2D eigenvalue weighted by Gasteiger charge is -2.23. The van der Waals surface area contributed by atoms with Crippen LogP contribution in [0.15, 0.2) is 39.8 Å². The minimum absolute atomic E-state index is 0.199. The molecule has 0 atom stereocenters. The van der Waals surface area contributed by atoms with Crippen molar-refractivity contribution in [2.45, 2.75) is 39.0 Å². The first-order chi connectivity index (χ1) is 10.6. The van der Waals surface area contributed by atoms with Crippen LogP contribution >= 0.6 is 0 Å². The summed E-state index contributed by atoms with van der Waals surface area (Å²) in [7, 11) is 0. The van der Waals surface area contributed by atoms with Crippen molar-refractivity contribution in [3.05, 3.63) is 29.8 Å². The molecule has 0 saturated heterocycles. The molecule has 7 heteroatoms. The van der Waals surface area contributed by atoms with Crippen LogP contribution in [0.1, 0.15) is 39.2 Å². The van der Waals surface area contributed by atoms with Crippen LogP contribution in [0.2, 0.25) is 0 Å². The molecule has 0 fully saturated rings. The summed E-state index contributed by atoms with van der Waals surface area (Å²) in [5.74, 6) is 5.63. The van der Waals surface area contributed by atoms with Crippen molar-refractivity contribution in [2.24, 2.45) is 21.4 Å². The van der Waals surface area contributed by atoms with E-state index in [1.165, 1.54) is 5.56 Å². The molecule has 0 heterocycles. The lowest BCUT2D eigenvalue weighted by molar-refractivity contribution is 0.180. The second kappa shape index (κ2) is 9.73. The molecule has 1 aromatic carbocycles. The third-order valence-corrected chi connectivity index (χ3v) is 3.50. The predicted molar refractivity (Wildman–Crippen MR) is 86.5 cm³/mol. The number of hydroxylamine groups is 1. The second-order valence-electron chi connectivity index (χ2n) is 5.40. The minimum Gasteiger partial charge on any atom is -0.494 e. The number of benzene rings is 1. The van der Waals surface area contributed by atoms with Crippen molar-refractivity contribution in [3.63, 3.8) is 0 Å². The Morgan fingerprint density at radius 3 is 2.64 bits per heavy atom. The van der Waals surface area contributed by atoms with Gasteiger partial charge in [-0.15, -0.1) is 0 Å². The average Bonchev–Trinajstić information content (AvgIpc) is 2.54. The largest absolute Gasteiger partial charge is 0.494 e. The summed E-state index contributed by atoms with van der Waals surface area (Å²) in [6, 6.07) is 8.29. The van der Waals surface area contributed by atoms with Crippen LogP contribution in [-0.4, -0.2) is 19.6 Å². The van der Waals surface area contributed by atoms with Gasteiger partial charge in [-0.05, 0) is 41.2 Å². The molecule has 0 radical (unpaired) electrons. The van der Waals surface area contributed by atoms with Crippen LogP contribution in [0.3, 0.4) is 0 Å². The van der Waals surface area contributed by atoms with Crippen molar-refractivity contribution < 1.29 is 9.57 Å². The molecule has 0 aliphatic rings. The highest BCUT2D eigenvalue weighted by atomic mass is 16.6. The van der Waals surface area contributed by atoms with Crippen molar-refractivity contribution >= 4 is 6.40 Å². The Balaban J connectivity index is 2.20. The van der Waals surface area contributed by atoms with Crippen molar-refractivity contribution in [1.82, 2.24) is 5.48 Å². The number of ether oxygens (including phenoxy) is 1. The lowest BCUT2D eigenvalue weighted by atomic mass is 9.82. The van der Waals surface area contributed by atoms with Gasteiger partial charge in [0.2, 0.25) is 6.40 Å². The molecule has 0 spiro atoms. The van der Waals surface area contributed by atoms with Gasteiger partial charge in [0.05, 0.1) is 6.61 Å². The molecule has 7 nitrogen and oxygen atoms in total. The van der Waals surface area contributed by atoms with Gasteiger partial charge < -0.3 is 15.4 Å². The number of rotatable bonds is 10. The number of hydrogen-bond acceptors (Lipinski definition) is 5. The fourth-order valence-electron chi connectivity index (χ4n) is 1.71. The summed E-state index contributed by atoms with van der Waals surface area (Å²) in [5, 5.41) is 9.48. The smallest absolute Gasteiger partial charge is 0.223 e. The highest BCUT2D eigenvalue weighted by Crippen LogP contribution is 2.27. The molecule has 1 aromatic rings. The van der Waals surface area contributed by atoms with Crippen molar-refractivity contribution in [3.8, 4) is 5.75 Å². The summed E-state index contributed by atoms with van der Waals surface area (Å²) in [6.45, 7) is 7.92. The van der Waals surface area contributed by atoms with Gasteiger partial charge in [-0.1, -0.05) is 43.2 Å². The Kier molecular flexibility index (Phi) is 7.91. The molecule has 0 unspecified atom stereocenters. The van der Waals surface area contributed by atoms with E-state index < -0.39 is 0 Å². The zero-order valence-corrected chi connectivity index (χ0v) is 13.5. The third kappa shape index (κ3) is 6.53. The third-order valence-electron chi connectivity index (χ3n) is 3.50. The summed E-state index contributed by atoms with van der Waals surface area (Å²) < 4.78 is 5.67. The fraction of sp³-hybridized carbons (Fsp3) is 0.533. The van der Waals surface area contributed by atoms with Crippen molar-refractivity contribution in [1.29, 1.82) is 0 Å². The van der Waals surface area contributed by atoms with Crippen LogP contribution in [0.25, 0.3) is 0 Å². The molecular formula is C15H25N5O2. The van der Waals surface area contributed by atoms with Crippen LogP contribution in [0.5, 0.6) is 5.75 Å². The number of nitrogens with zero attached hydrogens (tertiary/aromatic N) is 3. The van der Waals surface area contributed by atoms with E-state index in [4.69, 9.17) is 15.4 Å². The first-order valence-corrected chi connectivity index (χ1v) is 7.33. The van der Waals surface area contributed by atoms with E-state index in [1.54, 1.807) is 0 Å². The number of nitrogens with two attached hydrogens (primary N) is 1. The van der Waals surface area contributed by atoms with Gasteiger partial charge in [0, 0.05) is 6.54 Å². The van der Waals surface area contributed by atoms with E-state index in [0.717, 1.165) is 25.0 Å². The van der Waals surface area contributed by atoms with E-state index in [2.05, 4.69) is 53.9 Å². The Hall–Kier alpha value is -2.15. The highest BCUT2D eigenvalue weighted by molar-refractivity contribution is 5.45. The van der Waals surface area contributed by atoms with E-state index >= 15 is 0 Å². The van der Waals surface area contributed by atoms with E-state index in [-0.39, 0.29) is 5.41 Å². The quantitative estimate of drug-likeness (QED) is 0.173. The molecule has 1 rings (SSSR count). The maximum atomic E-state index is 5.67. The van der Waals surface area contributed by atoms with Gasteiger partial charge in [0.25, 0.3) is 0 Å². The maximum absolute atomic E-state index is 5.67. The van der Waals surface area contributed by atoms with E-state index in [9.17, 15) is 0 Å². The second-order valence-corrected chi connectivity index (χ2v) is 5.40. The summed E-state index contributed by atoms with van der Waals surface area (Å²) in [4.78, 5) is 4.85. The molecule has 0 saturated carbocycles. The van der Waals surface area contributed by atoms with Gasteiger partial charge in [-0.3, -0.25) is 0 Å². The van der Waals surface area contributed by atoms with E-state index in [1.807, 2.05) is 12.1 Å². The molecule has 0 aliphatic carbocycles. The Bertz CT molecular complexity index is 471. The summed E-state index contributed by atoms with van der Waals surface area (Å²) in [6.07, 6.45) is 3.02. The normalized spacial score (nSPS) is 12.1. The van der Waals surface area contributed by atoms with Crippen LogP contribution in [-0.2, 0) is 10.3 Å². The maximum Gasteiger partial charge on any atom is 0.223 e. The average molecular weight is 307 g/mol. The van der Waals surface area contributed by atoms with Gasteiger partial charge in [-0.2, -0.15) is 5.48 Å². The van der Waals surface area contributed by atoms with Gasteiger partial charge in [-0.25, -0.2) is 0 Å². The number of nitrogens with one attached hydrogen (secondary N) is 1. The standard InChI is InChI=1S/C15H25N5O2/c1-4-15(2,3)13-6-8-14(9-7-13)21-11-5-10-18-22-12-17-20-19-16/h6-9,12,18H,4-5,10-11H2,1-3H3,(H2,16,20)/b17-12+. The summed E-state index contributed by atoms with van der Waals surface area (Å²) >= 11 is 0. The zero-order valence-electron chi connectivity index (χ0n) is 13.5. The molecular weight excluding hydrogens is 282 g/mol. The topological polar surface area (TPSA) is 93.6 Å². The molecule has 0 aromatic heterocycles. The first kappa shape index (κ1) is 17.9. The SMILES string of the molecule is CCC(C)(C)c1ccc(OCCCNO/C=N/N=N/N)cc1. The molecule has 0 amide bonds. The zero-order chi connectivity index (χ0) is 16.3. The Labute approximate surface area is 131 Å². The minimum atomic E-state index is 0.199. The monoisotopic (exact) mass is 307 g/mol. The van der Waals surface area contributed by atoms with Crippen LogP contribution < -0.4 is 16.1 Å². The Morgan fingerprint density at radius 1 is 1.27 bits per heavy atom. The molecule has 22 heavy (non-hydrogen) atoms. The van der Waals surface area contributed by atoms with Gasteiger partial charge in [0.1, 0.15) is 5.75 Å². The van der Waals surface area contributed by atoms with E-state index in [0.29, 0.717) is 13.2 Å². The fourth-order valence-corrected chi connectivity index (χ4v) is 1.71. The molecule has 3 N–H and O–H groups in total. The molecule has 122 valence electrons. The molecule has 0 bridgehead atoms. The first-order valence-electron chi connectivity index (χ1n) is 7.33. The molecule has 0 aliphatic heterocycles. The van der Waals surface area contributed by atoms with Gasteiger partial charge >= 0.3 is 0 Å². The highest BCUT2D eigenvalue weighted by Gasteiger charge is 2.17. The lowest BCUT2D eigenvalue weighted by Crippen LogP contribution is -2.17.